The van der Waals surface area contributed by atoms with Gasteiger partial charge in [0.1, 0.15) is 0 Å². The quantitative estimate of drug-likeness (QED) is 0.466. The average Bonchev–Trinajstić information content (AvgIpc) is 1.84. The minimum absolute atomic E-state index is 0.442. The highest BCUT2D eigenvalue weighted by Gasteiger charge is 2.14. The van der Waals surface area contributed by atoms with Gasteiger partial charge in [0.25, 0.3) is 0 Å². The second kappa shape index (κ2) is 5.03. The van der Waals surface area contributed by atoms with E-state index in [1.54, 1.807) is 0 Å². The molecule has 0 aromatic carbocycles. The van der Waals surface area contributed by atoms with E-state index in [0.29, 0.717) is 5.41 Å². The topological polar surface area (TPSA) is 12.0 Å². The van der Waals surface area contributed by atoms with Gasteiger partial charge in [-0.15, -0.1) is 0 Å². The van der Waals surface area contributed by atoms with Crippen LogP contribution in [0.2, 0.25) is 0 Å². The van der Waals surface area contributed by atoms with Crippen LogP contribution in [0.5, 0.6) is 0 Å². The monoisotopic (exact) mass is 161 g/mol. The Labute approximate surface area is 70.0 Å². The van der Waals surface area contributed by atoms with Gasteiger partial charge in [-0.3, -0.25) is 0 Å². The number of hydrogen-bond donors (Lipinski definition) is 2. The van der Waals surface area contributed by atoms with Crippen LogP contribution >= 0.6 is 12.6 Å². The van der Waals surface area contributed by atoms with Gasteiger partial charge in [0.05, 0.1) is 0 Å². The third-order valence-electron chi connectivity index (χ3n) is 1.64. The zero-order valence-electron chi connectivity index (χ0n) is 7.28. The molecule has 1 N–H and O–H groups in total. The van der Waals surface area contributed by atoms with E-state index >= 15 is 0 Å². The molecule has 0 aliphatic carbocycles. The number of thiol groups is 1. The van der Waals surface area contributed by atoms with E-state index in [1.165, 1.54) is 12.8 Å². The maximum absolute atomic E-state index is 4.09. The molecule has 2 heteroatoms. The molecule has 0 atom stereocenters. The van der Waals surface area contributed by atoms with Crippen molar-refractivity contribution < 1.29 is 0 Å². The third kappa shape index (κ3) is 5.12. The van der Waals surface area contributed by atoms with Crippen LogP contribution < -0.4 is 5.32 Å². The first-order chi connectivity index (χ1) is 4.62. The number of rotatable bonds is 5. The zero-order valence-corrected chi connectivity index (χ0v) is 8.17. The smallest absolute Gasteiger partial charge is 0.0387 e. The molecule has 0 amide bonds. The lowest BCUT2D eigenvalue weighted by atomic mass is 9.88. The lowest BCUT2D eigenvalue weighted by Gasteiger charge is -2.23. The van der Waals surface area contributed by atoms with E-state index in [9.17, 15) is 0 Å². The Hall–Kier alpha value is 0.310. The minimum Gasteiger partial charge on any atom is -0.308 e. The summed E-state index contributed by atoms with van der Waals surface area (Å²) in [6.45, 7) is 7.87. The molecule has 0 saturated heterocycles. The fourth-order valence-electron chi connectivity index (χ4n) is 1.16. The van der Waals surface area contributed by atoms with Crippen molar-refractivity contribution in [2.75, 3.05) is 12.4 Å². The van der Waals surface area contributed by atoms with E-state index in [-0.39, 0.29) is 0 Å². The van der Waals surface area contributed by atoms with Crippen molar-refractivity contribution in [2.45, 2.75) is 33.6 Å². The van der Waals surface area contributed by atoms with Gasteiger partial charge in [-0.1, -0.05) is 27.2 Å². The van der Waals surface area contributed by atoms with Crippen LogP contribution in [-0.2, 0) is 0 Å². The van der Waals surface area contributed by atoms with Crippen LogP contribution in [0.3, 0.4) is 0 Å². The van der Waals surface area contributed by atoms with E-state index in [2.05, 4.69) is 38.7 Å². The summed E-state index contributed by atoms with van der Waals surface area (Å²) in [5.74, 6) is 0.785. The molecule has 0 heterocycles. The Balaban J connectivity index is 3.42. The third-order valence-corrected chi connectivity index (χ3v) is 1.87. The molecular weight excluding hydrogens is 142 g/mol. The summed E-state index contributed by atoms with van der Waals surface area (Å²) in [6, 6.07) is 0. The van der Waals surface area contributed by atoms with E-state index in [1.807, 2.05) is 0 Å². The van der Waals surface area contributed by atoms with Crippen LogP contribution in [0, 0.1) is 5.41 Å². The van der Waals surface area contributed by atoms with Gasteiger partial charge in [0.15, 0.2) is 0 Å². The maximum atomic E-state index is 4.09. The molecule has 0 bridgehead atoms. The predicted octanol–water partition coefficient (Wildman–Crippen LogP) is 2.29. The molecule has 0 fully saturated rings. The fourth-order valence-corrected chi connectivity index (χ4v) is 1.27. The van der Waals surface area contributed by atoms with Gasteiger partial charge in [-0.05, 0) is 11.8 Å². The van der Waals surface area contributed by atoms with E-state index < -0.39 is 0 Å². The van der Waals surface area contributed by atoms with Crippen molar-refractivity contribution in [2.24, 2.45) is 5.41 Å². The average molecular weight is 161 g/mol. The summed E-state index contributed by atoms with van der Waals surface area (Å²) in [4.78, 5) is 0. The van der Waals surface area contributed by atoms with Crippen molar-refractivity contribution in [1.29, 1.82) is 0 Å². The van der Waals surface area contributed by atoms with Gasteiger partial charge in [0.2, 0.25) is 0 Å². The molecule has 1 nitrogen and oxygen atoms in total. The van der Waals surface area contributed by atoms with Crippen molar-refractivity contribution in [3.05, 3.63) is 0 Å². The van der Waals surface area contributed by atoms with Crippen LogP contribution in [0.25, 0.3) is 0 Å². The van der Waals surface area contributed by atoms with Crippen LogP contribution in [-0.4, -0.2) is 12.4 Å². The molecule has 0 unspecified atom stereocenters. The Morgan fingerprint density at radius 1 is 1.40 bits per heavy atom. The van der Waals surface area contributed by atoms with Crippen molar-refractivity contribution >= 4 is 12.6 Å². The fraction of sp³-hybridized carbons (Fsp3) is 1.00. The number of hydrogen-bond acceptors (Lipinski definition) is 2. The Morgan fingerprint density at radius 2 is 2.00 bits per heavy atom. The Bertz CT molecular complexity index is 81.3. The summed E-state index contributed by atoms with van der Waals surface area (Å²) in [6.07, 6.45) is 2.55. The SMILES string of the molecule is CCCC(C)(C)CNCS. The van der Waals surface area contributed by atoms with Gasteiger partial charge < -0.3 is 5.32 Å². The van der Waals surface area contributed by atoms with Gasteiger partial charge >= 0.3 is 0 Å². The molecular formula is C8H19NS. The molecule has 0 saturated carbocycles. The van der Waals surface area contributed by atoms with Gasteiger partial charge in [0, 0.05) is 12.4 Å². The first-order valence-corrected chi connectivity index (χ1v) is 4.57. The molecule has 0 aromatic rings. The lowest BCUT2D eigenvalue weighted by Crippen LogP contribution is -2.28. The maximum Gasteiger partial charge on any atom is 0.0387 e. The van der Waals surface area contributed by atoms with Crippen LogP contribution in [0.4, 0.5) is 0 Å². The largest absolute Gasteiger partial charge is 0.308 e. The summed E-state index contributed by atoms with van der Waals surface area (Å²) < 4.78 is 0. The van der Waals surface area contributed by atoms with Crippen molar-refractivity contribution in [3.63, 3.8) is 0 Å². The molecule has 0 aliphatic heterocycles. The summed E-state index contributed by atoms with van der Waals surface area (Å²) in [7, 11) is 0. The molecule has 10 heavy (non-hydrogen) atoms. The van der Waals surface area contributed by atoms with Gasteiger partial charge in [-0.2, -0.15) is 12.6 Å². The Kier molecular flexibility index (Phi) is 5.18. The minimum atomic E-state index is 0.442. The highest BCUT2D eigenvalue weighted by molar-refractivity contribution is 7.80. The van der Waals surface area contributed by atoms with Crippen molar-refractivity contribution in [1.82, 2.24) is 5.32 Å². The highest BCUT2D eigenvalue weighted by atomic mass is 32.1. The molecule has 0 rings (SSSR count). The first-order valence-electron chi connectivity index (χ1n) is 3.94. The predicted molar refractivity (Wildman–Crippen MR) is 50.5 cm³/mol. The number of nitrogens with one attached hydrogen (secondary N) is 1. The zero-order chi connectivity index (χ0) is 8.04. The molecule has 0 spiro atoms. The molecule has 62 valence electrons. The van der Waals surface area contributed by atoms with Gasteiger partial charge in [-0.25, -0.2) is 0 Å². The summed E-state index contributed by atoms with van der Waals surface area (Å²) >= 11 is 4.09. The van der Waals surface area contributed by atoms with E-state index in [0.717, 1.165) is 12.4 Å². The molecule has 0 radical (unpaired) electrons. The summed E-state index contributed by atoms with van der Waals surface area (Å²) in [5.41, 5.74) is 0.442. The van der Waals surface area contributed by atoms with Crippen LogP contribution in [0.1, 0.15) is 33.6 Å². The lowest BCUT2D eigenvalue weighted by molar-refractivity contribution is 0.319. The van der Waals surface area contributed by atoms with Crippen LogP contribution in [0.15, 0.2) is 0 Å². The van der Waals surface area contributed by atoms with Crippen molar-refractivity contribution in [3.8, 4) is 0 Å². The molecule has 0 aromatic heterocycles. The summed E-state index contributed by atoms with van der Waals surface area (Å²) in [5, 5.41) is 3.24. The van der Waals surface area contributed by atoms with E-state index in [4.69, 9.17) is 0 Å². The second-order valence-corrected chi connectivity index (χ2v) is 3.82. The molecule has 0 aliphatic rings. The normalized spacial score (nSPS) is 12.0. The Morgan fingerprint density at radius 3 is 2.40 bits per heavy atom. The standard InChI is InChI=1S/C8H19NS/c1-4-5-8(2,3)6-9-7-10/h9-10H,4-7H2,1-3H3. The second-order valence-electron chi connectivity index (χ2n) is 3.50. The first kappa shape index (κ1) is 10.3. The highest BCUT2D eigenvalue weighted by Crippen LogP contribution is 2.20.